The second-order valence-corrected chi connectivity index (χ2v) is 6.37. The van der Waals surface area contributed by atoms with E-state index in [2.05, 4.69) is 10.3 Å². The van der Waals surface area contributed by atoms with Gasteiger partial charge in [0.25, 0.3) is 5.91 Å². The highest BCUT2D eigenvalue weighted by atomic mass is 35.5. The topological polar surface area (TPSA) is 64.4 Å². The minimum absolute atomic E-state index is 0.261. The second-order valence-electron chi connectivity index (χ2n) is 5.93. The van der Waals surface area contributed by atoms with E-state index < -0.39 is 0 Å². The zero-order chi connectivity index (χ0) is 18.3. The fourth-order valence-corrected chi connectivity index (χ4v) is 3.07. The maximum atomic E-state index is 12.6. The Morgan fingerprint density at radius 3 is 2.85 bits per heavy atom. The van der Waals surface area contributed by atoms with Crippen molar-refractivity contribution < 1.29 is 13.9 Å². The molecule has 0 spiro atoms. The number of methoxy groups -OCH3 is 1. The van der Waals surface area contributed by atoms with Crippen LogP contribution in [0.25, 0.3) is 21.9 Å². The highest BCUT2D eigenvalue weighted by Gasteiger charge is 2.18. The number of pyridine rings is 1. The third-order valence-electron chi connectivity index (χ3n) is 4.25. The maximum Gasteiger partial charge on any atom is 0.291 e. The molecule has 1 N–H and O–H groups in total. The third kappa shape index (κ3) is 2.86. The summed E-state index contributed by atoms with van der Waals surface area (Å²) in [6, 6.07) is 12.7. The molecule has 0 saturated carbocycles. The summed E-state index contributed by atoms with van der Waals surface area (Å²) in [5, 5.41) is 5.16. The van der Waals surface area contributed by atoms with Gasteiger partial charge in [-0.15, -0.1) is 0 Å². The molecule has 4 aromatic rings. The Balaban J connectivity index is 1.65. The fraction of sp³-hybridized carbons (Fsp3) is 0.100. The van der Waals surface area contributed by atoms with E-state index in [0.717, 1.165) is 27.6 Å². The van der Waals surface area contributed by atoms with E-state index >= 15 is 0 Å². The zero-order valence-corrected chi connectivity index (χ0v) is 14.9. The largest absolute Gasteiger partial charge is 0.497 e. The first-order valence-corrected chi connectivity index (χ1v) is 8.37. The Kier molecular flexibility index (Phi) is 4.01. The van der Waals surface area contributed by atoms with Gasteiger partial charge in [0.05, 0.1) is 24.5 Å². The number of halogens is 1. The lowest BCUT2D eigenvalue weighted by Gasteiger charge is -2.06. The lowest BCUT2D eigenvalue weighted by atomic mass is 10.1. The van der Waals surface area contributed by atoms with Crippen LogP contribution in [-0.4, -0.2) is 18.0 Å². The average molecular weight is 367 g/mol. The van der Waals surface area contributed by atoms with Gasteiger partial charge in [-0.2, -0.15) is 0 Å². The molecule has 0 aliphatic heterocycles. The number of carbonyl (C=O) groups is 1. The van der Waals surface area contributed by atoms with Crippen LogP contribution in [-0.2, 0) is 0 Å². The van der Waals surface area contributed by atoms with Crippen LogP contribution < -0.4 is 10.1 Å². The Labute approximate surface area is 154 Å². The van der Waals surface area contributed by atoms with Gasteiger partial charge in [0.1, 0.15) is 11.3 Å². The number of hydrogen-bond donors (Lipinski definition) is 1. The second kappa shape index (κ2) is 6.35. The normalized spacial score (nSPS) is 11.0. The Morgan fingerprint density at radius 1 is 1.19 bits per heavy atom. The number of anilines is 1. The molecular formula is C20H15ClN2O3. The Bertz CT molecular complexity index is 1150. The molecule has 2 aromatic carbocycles. The number of aromatic nitrogens is 1. The first kappa shape index (κ1) is 16.4. The number of fused-ring (bicyclic) bond motifs is 2. The number of nitrogens with zero attached hydrogens (tertiary/aromatic N) is 1. The summed E-state index contributed by atoms with van der Waals surface area (Å²) in [4.78, 5) is 17.0. The number of nitrogens with one attached hydrogen (secondary N) is 1. The summed E-state index contributed by atoms with van der Waals surface area (Å²) in [5.74, 6) is 0.667. The number of furan rings is 1. The predicted octanol–water partition coefficient (Wildman–Crippen LogP) is 5.20. The van der Waals surface area contributed by atoms with Crippen molar-refractivity contribution in [2.45, 2.75) is 6.92 Å². The maximum absolute atomic E-state index is 12.6. The van der Waals surface area contributed by atoms with Gasteiger partial charge in [-0.3, -0.25) is 9.78 Å². The van der Waals surface area contributed by atoms with Crippen molar-refractivity contribution in [2.75, 3.05) is 12.4 Å². The summed E-state index contributed by atoms with van der Waals surface area (Å²) >= 11 is 6.03. The molecule has 2 aromatic heterocycles. The predicted molar refractivity (Wildman–Crippen MR) is 102 cm³/mol. The monoisotopic (exact) mass is 366 g/mol. The molecule has 0 aliphatic rings. The quantitative estimate of drug-likeness (QED) is 0.541. The number of amides is 1. The molecule has 0 unspecified atom stereocenters. The van der Waals surface area contributed by atoms with Crippen molar-refractivity contribution in [3.8, 4) is 5.75 Å². The van der Waals surface area contributed by atoms with Gasteiger partial charge < -0.3 is 14.5 Å². The SMILES string of the molecule is COc1ccc2cc(NC(=O)c3oc4ccc(Cl)cc4c3C)cnc2c1. The van der Waals surface area contributed by atoms with E-state index in [0.29, 0.717) is 16.3 Å². The van der Waals surface area contributed by atoms with Crippen LogP contribution in [0.4, 0.5) is 5.69 Å². The smallest absolute Gasteiger partial charge is 0.291 e. The van der Waals surface area contributed by atoms with Crippen LogP contribution in [0, 0.1) is 6.92 Å². The van der Waals surface area contributed by atoms with E-state index in [4.69, 9.17) is 20.8 Å². The molecule has 1 amide bonds. The molecule has 0 radical (unpaired) electrons. The molecule has 0 saturated heterocycles. The van der Waals surface area contributed by atoms with Gasteiger partial charge in [-0.25, -0.2) is 0 Å². The number of benzene rings is 2. The molecule has 2 heterocycles. The number of aryl methyl sites for hydroxylation is 1. The number of ether oxygens (including phenoxy) is 1. The average Bonchev–Trinajstić information content (AvgIpc) is 2.97. The molecule has 0 atom stereocenters. The van der Waals surface area contributed by atoms with E-state index in [1.165, 1.54) is 0 Å². The molecule has 0 fully saturated rings. The van der Waals surface area contributed by atoms with Crippen molar-refractivity contribution >= 4 is 45.1 Å². The van der Waals surface area contributed by atoms with E-state index in [1.807, 2.05) is 31.2 Å². The highest BCUT2D eigenvalue weighted by Crippen LogP contribution is 2.29. The number of hydrogen-bond acceptors (Lipinski definition) is 4. The van der Waals surface area contributed by atoms with Crippen molar-refractivity contribution in [3.05, 3.63) is 65.0 Å². The lowest BCUT2D eigenvalue weighted by Crippen LogP contribution is -2.12. The van der Waals surface area contributed by atoms with Crippen molar-refractivity contribution in [1.29, 1.82) is 0 Å². The van der Waals surface area contributed by atoms with Crippen LogP contribution in [0.2, 0.25) is 5.02 Å². The molecular weight excluding hydrogens is 352 g/mol. The summed E-state index contributed by atoms with van der Waals surface area (Å²) in [7, 11) is 1.61. The molecule has 130 valence electrons. The summed E-state index contributed by atoms with van der Waals surface area (Å²) in [6.45, 7) is 1.84. The number of rotatable bonds is 3. The van der Waals surface area contributed by atoms with Gasteiger partial charge >= 0.3 is 0 Å². The van der Waals surface area contributed by atoms with Crippen LogP contribution >= 0.6 is 11.6 Å². The zero-order valence-electron chi connectivity index (χ0n) is 14.2. The van der Waals surface area contributed by atoms with Gasteiger partial charge in [0, 0.05) is 27.4 Å². The Morgan fingerprint density at radius 2 is 2.04 bits per heavy atom. The van der Waals surface area contributed by atoms with Crippen LogP contribution in [0.3, 0.4) is 0 Å². The lowest BCUT2D eigenvalue weighted by molar-refractivity contribution is 0.0998. The van der Waals surface area contributed by atoms with Gasteiger partial charge in [0.15, 0.2) is 5.76 Å². The van der Waals surface area contributed by atoms with Crippen LogP contribution in [0.5, 0.6) is 5.75 Å². The fourth-order valence-electron chi connectivity index (χ4n) is 2.89. The highest BCUT2D eigenvalue weighted by molar-refractivity contribution is 6.31. The molecule has 5 nitrogen and oxygen atoms in total. The summed E-state index contributed by atoms with van der Waals surface area (Å²) in [5.41, 5.74) is 2.75. The summed E-state index contributed by atoms with van der Waals surface area (Å²) in [6.07, 6.45) is 1.61. The summed E-state index contributed by atoms with van der Waals surface area (Å²) < 4.78 is 10.9. The first-order chi connectivity index (χ1) is 12.5. The van der Waals surface area contributed by atoms with Crippen molar-refractivity contribution in [1.82, 2.24) is 4.98 Å². The first-order valence-electron chi connectivity index (χ1n) is 7.99. The van der Waals surface area contributed by atoms with Crippen LogP contribution in [0.15, 0.2) is 53.1 Å². The van der Waals surface area contributed by atoms with Gasteiger partial charge in [0.2, 0.25) is 0 Å². The minimum Gasteiger partial charge on any atom is -0.497 e. The molecule has 26 heavy (non-hydrogen) atoms. The van der Waals surface area contributed by atoms with E-state index in [1.54, 1.807) is 31.5 Å². The number of carbonyl (C=O) groups excluding carboxylic acids is 1. The van der Waals surface area contributed by atoms with Gasteiger partial charge in [-0.05, 0) is 43.3 Å². The molecule has 0 bridgehead atoms. The molecule has 4 rings (SSSR count). The van der Waals surface area contributed by atoms with E-state index in [9.17, 15) is 4.79 Å². The standard InChI is InChI=1S/C20H15ClN2O3/c1-11-16-8-13(21)4-6-18(16)26-19(11)20(24)23-14-7-12-3-5-15(25-2)9-17(12)22-10-14/h3-10H,1-2H3,(H,23,24). The van der Waals surface area contributed by atoms with Crippen molar-refractivity contribution in [2.24, 2.45) is 0 Å². The minimum atomic E-state index is -0.329. The third-order valence-corrected chi connectivity index (χ3v) is 4.49. The molecule has 0 aliphatic carbocycles. The van der Waals surface area contributed by atoms with Gasteiger partial charge in [-0.1, -0.05) is 11.6 Å². The van der Waals surface area contributed by atoms with Crippen molar-refractivity contribution in [3.63, 3.8) is 0 Å². The molecule has 6 heteroatoms. The van der Waals surface area contributed by atoms with Crippen LogP contribution in [0.1, 0.15) is 16.1 Å². The Hall–Kier alpha value is -3.05. The van der Waals surface area contributed by atoms with E-state index in [-0.39, 0.29) is 11.7 Å².